The van der Waals surface area contributed by atoms with E-state index in [1.807, 2.05) is 6.92 Å². The molecule has 0 fully saturated rings. The van der Waals surface area contributed by atoms with E-state index in [4.69, 9.17) is 9.79 Å². The van der Waals surface area contributed by atoms with Crippen molar-refractivity contribution in [3.63, 3.8) is 0 Å². The molecule has 0 saturated carbocycles. The van der Waals surface area contributed by atoms with Crippen LogP contribution in [0.25, 0.3) is 0 Å². The van der Waals surface area contributed by atoms with Crippen molar-refractivity contribution in [3.8, 4) is 0 Å². The van der Waals surface area contributed by atoms with Crippen molar-refractivity contribution in [2.45, 2.75) is 38.9 Å². The normalized spacial score (nSPS) is 14.5. The van der Waals surface area contributed by atoms with Crippen LogP contribution in [0.4, 0.5) is 0 Å². The second kappa shape index (κ2) is 7.69. The molecule has 1 unspecified atom stereocenters. The van der Waals surface area contributed by atoms with Crippen molar-refractivity contribution in [2.75, 3.05) is 19.6 Å². The topological polar surface area (TPSA) is 60.8 Å². The van der Waals surface area contributed by atoms with Crippen LogP contribution in [0.1, 0.15) is 33.6 Å². The second-order valence-corrected chi connectivity index (χ2v) is 7.36. The fourth-order valence-corrected chi connectivity index (χ4v) is 4.07. The molecule has 0 aliphatic heterocycles. The third kappa shape index (κ3) is 8.29. The Labute approximate surface area is 96.3 Å². The Morgan fingerprint density at radius 1 is 1.27 bits per heavy atom. The van der Waals surface area contributed by atoms with Gasteiger partial charge in [0.25, 0.3) is 0 Å². The molecule has 6 heteroatoms. The highest BCUT2D eigenvalue weighted by Gasteiger charge is 2.21. The Kier molecular flexibility index (Phi) is 7.92. The highest BCUT2D eigenvalue weighted by Crippen LogP contribution is 2.53. The lowest BCUT2D eigenvalue weighted by atomic mass is 10.2. The molecule has 0 aromatic rings. The molecule has 0 aliphatic rings. The molecular weight excluding hydrogens is 233 g/mol. The zero-order chi connectivity index (χ0) is 11.9. The van der Waals surface area contributed by atoms with E-state index < -0.39 is 6.80 Å². The summed E-state index contributed by atoms with van der Waals surface area (Å²) in [5, 5.41) is 0.0615. The molecule has 0 aromatic carbocycles. The molecule has 15 heavy (non-hydrogen) atoms. The summed E-state index contributed by atoms with van der Waals surface area (Å²) in [5.74, 6) is 0. The average Bonchev–Trinajstić information content (AvgIpc) is 2.15. The lowest BCUT2D eigenvalue weighted by Crippen LogP contribution is -2.26. The van der Waals surface area contributed by atoms with Gasteiger partial charge in [0.05, 0.1) is 0 Å². The van der Waals surface area contributed by atoms with Gasteiger partial charge in [0, 0.05) is 5.25 Å². The third-order valence-corrected chi connectivity index (χ3v) is 5.26. The van der Waals surface area contributed by atoms with Crippen molar-refractivity contribution in [2.24, 2.45) is 0 Å². The number of nitrogens with zero attached hydrogens (tertiary/aromatic N) is 1. The van der Waals surface area contributed by atoms with Crippen molar-refractivity contribution >= 4 is 18.2 Å². The predicted molar refractivity (Wildman–Crippen MR) is 66.1 cm³/mol. The first-order valence-corrected chi connectivity index (χ1v) is 8.48. The molecule has 0 radical (unpaired) electrons. The molecule has 4 nitrogen and oxygen atoms in total. The Bertz CT molecular complexity index is 206. The van der Waals surface area contributed by atoms with Crippen molar-refractivity contribution in [1.82, 2.24) is 4.90 Å². The lowest BCUT2D eigenvalue weighted by Gasteiger charge is -2.21. The predicted octanol–water partition coefficient (Wildman–Crippen LogP) is 2.32. The molecule has 92 valence electrons. The molecule has 0 spiro atoms. The van der Waals surface area contributed by atoms with Crippen LogP contribution in [-0.4, -0.2) is 39.6 Å². The molecule has 0 aromatic heterocycles. The maximum atomic E-state index is 10.8. The largest absolute Gasteiger partial charge is 0.384 e. The first kappa shape index (κ1) is 15.5. The van der Waals surface area contributed by atoms with Gasteiger partial charge in [-0.15, -0.1) is 0 Å². The van der Waals surface area contributed by atoms with Crippen LogP contribution in [0.5, 0.6) is 0 Å². The summed E-state index contributed by atoms with van der Waals surface area (Å²) in [5.41, 5.74) is 0. The van der Waals surface area contributed by atoms with Gasteiger partial charge in [0.15, 0.2) is 0 Å². The van der Waals surface area contributed by atoms with Crippen molar-refractivity contribution in [1.29, 1.82) is 0 Å². The van der Waals surface area contributed by atoms with Crippen LogP contribution in [0.2, 0.25) is 0 Å². The number of rotatable bonds is 8. The van der Waals surface area contributed by atoms with E-state index >= 15 is 0 Å². The average molecular weight is 255 g/mol. The van der Waals surface area contributed by atoms with E-state index in [0.717, 1.165) is 43.9 Å². The zero-order valence-corrected chi connectivity index (χ0v) is 11.4. The first-order valence-electron chi connectivity index (χ1n) is 5.39. The van der Waals surface area contributed by atoms with Crippen LogP contribution in [0, 0.1) is 0 Å². The highest BCUT2D eigenvalue weighted by atomic mass is 32.7. The number of hydrogen-bond acceptors (Lipinski definition) is 3. The molecule has 0 amide bonds. The minimum absolute atomic E-state index is 0.0615. The van der Waals surface area contributed by atoms with Gasteiger partial charge < -0.3 is 14.7 Å². The third-order valence-electron chi connectivity index (χ3n) is 2.40. The fraction of sp³-hybridized carbons (Fsp3) is 1.00. The van der Waals surface area contributed by atoms with Gasteiger partial charge in [0.1, 0.15) is 0 Å². The summed E-state index contributed by atoms with van der Waals surface area (Å²) in [7, 11) is 0. The number of hydrogen-bond donors (Lipinski definition) is 2. The minimum Gasteiger partial charge on any atom is -0.317 e. The van der Waals surface area contributed by atoms with Gasteiger partial charge in [0.2, 0.25) is 0 Å². The summed E-state index contributed by atoms with van der Waals surface area (Å²) < 4.78 is 10.8. The Balaban J connectivity index is 3.94. The van der Waals surface area contributed by atoms with Crippen LogP contribution in [0.3, 0.4) is 0 Å². The smallest absolute Gasteiger partial charge is 0.317 e. The van der Waals surface area contributed by atoms with E-state index in [1.54, 1.807) is 0 Å². The first-order chi connectivity index (χ1) is 6.92. The zero-order valence-electron chi connectivity index (χ0n) is 9.72. The van der Waals surface area contributed by atoms with Gasteiger partial charge >= 0.3 is 6.80 Å². The van der Waals surface area contributed by atoms with E-state index in [0.29, 0.717) is 0 Å². The monoisotopic (exact) mass is 255 g/mol. The summed E-state index contributed by atoms with van der Waals surface area (Å²) in [6, 6.07) is 0. The van der Waals surface area contributed by atoms with Crippen LogP contribution < -0.4 is 0 Å². The van der Waals surface area contributed by atoms with E-state index in [-0.39, 0.29) is 5.25 Å². The van der Waals surface area contributed by atoms with Crippen LogP contribution >= 0.6 is 18.2 Å². The molecule has 0 saturated heterocycles. The minimum atomic E-state index is -3.92. The lowest BCUT2D eigenvalue weighted by molar-refractivity contribution is 0.298. The van der Waals surface area contributed by atoms with Gasteiger partial charge in [-0.1, -0.05) is 20.8 Å². The molecular formula is C9H22NO3PS. The molecule has 2 N–H and O–H groups in total. The Morgan fingerprint density at radius 3 is 2.13 bits per heavy atom. The van der Waals surface area contributed by atoms with Crippen LogP contribution in [-0.2, 0) is 4.57 Å². The maximum Gasteiger partial charge on any atom is 0.384 e. The van der Waals surface area contributed by atoms with Gasteiger partial charge in [-0.3, -0.25) is 0 Å². The molecule has 0 bridgehead atoms. The molecule has 0 rings (SSSR count). The summed E-state index contributed by atoms with van der Waals surface area (Å²) in [4.78, 5) is 20.0. The molecule has 0 heterocycles. The Morgan fingerprint density at radius 2 is 1.80 bits per heavy atom. The van der Waals surface area contributed by atoms with E-state index in [9.17, 15) is 4.57 Å². The summed E-state index contributed by atoms with van der Waals surface area (Å²) >= 11 is 0.805. The second-order valence-electron chi connectivity index (χ2n) is 3.44. The maximum absolute atomic E-state index is 10.8. The summed E-state index contributed by atoms with van der Waals surface area (Å²) in [6.45, 7) is 5.15. The van der Waals surface area contributed by atoms with Crippen molar-refractivity contribution in [3.05, 3.63) is 0 Å². The van der Waals surface area contributed by atoms with Crippen molar-refractivity contribution < 1.29 is 14.4 Å². The van der Waals surface area contributed by atoms with E-state index in [1.165, 1.54) is 0 Å². The van der Waals surface area contributed by atoms with Crippen LogP contribution in [0.15, 0.2) is 0 Å². The summed E-state index contributed by atoms with van der Waals surface area (Å²) in [6.07, 6.45) is 1.64. The van der Waals surface area contributed by atoms with Gasteiger partial charge in [-0.2, -0.15) is 0 Å². The standard InChI is InChI=1S/C9H22NO3PS/c1-4-9(15-14(11,12)13)7-8-10(5-2)6-3/h9H,4-8H2,1-3H3,(H2,11,12,13). The van der Waals surface area contributed by atoms with Gasteiger partial charge in [-0.05, 0) is 43.9 Å². The Hall–Kier alpha value is 0.460. The quantitative estimate of drug-likeness (QED) is 0.652. The van der Waals surface area contributed by atoms with E-state index in [2.05, 4.69) is 18.7 Å². The SMILES string of the molecule is CCC(CCN(CC)CC)SP(=O)(O)O. The molecule has 0 aliphatic carbocycles. The van der Waals surface area contributed by atoms with Gasteiger partial charge in [-0.25, -0.2) is 4.57 Å². The molecule has 1 atom stereocenters. The highest BCUT2D eigenvalue weighted by molar-refractivity contribution is 8.54. The fourth-order valence-electron chi connectivity index (χ4n) is 1.39.